The van der Waals surface area contributed by atoms with E-state index in [2.05, 4.69) is 20.5 Å². The molecule has 1 atom stereocenters. The highest BCUT2D eigenvalue weighted by molar-refractivity contribution is 5.95. The second-order valence-electron chi connectivity index (χ2n) is 4.14. The number of H-pyrrole nitrogens is 1. The van der Waals surface area contributed by atoms with Gasteiger partial charge in [-0.25, -0.2) is 4.98 Å². The molecule has 7 nitrogen and oxygen atoms in total. The van der Waals surface area contributed by atoms with Gasteiger partial charge in [0.25, 0.3) is 5.91 Å². The zero-order chi connectivity index (χ0) is 14.5. The molecule has 0 saturated carbocycles. The molecule has 2 aromatic rings. The van der Waals surface area contributed by atoms with E-state index in [1.807, 2.05) is 6.92 Å². The zero-order valence-electron chi connectivity index (χ0n) is 11.5. The minimum atomic E-state index is -0.266. The molecule has 0 saturated heterocycles. The summed E-state index contributed by atoms with van der Waals surface area (Å²) >= 11 is 0. The van der Waals surface area contributed by atoms with Crippen LogP contribution >= 0.6 is 0 Å². The van der Waals surface area contributed by atoms with Crippen molar-refractivity contribution in [1.82, 2.24) is 20.5 Å². The van der Waals surface area contributed by atoms with Crippen LogP contribution in [0.4, 0.5) is 0 Å². The van der Waals surface area contributed by atoms with Crippen LogP contribution in [0.5, 0.6) is 11.5 Å². The number of nitrogens with zero attached hydrogens (tertiary/aromatic N) is 2. The Morgan fingerprint density at radius 2 is 2.05 bits per heavy atom. The lowest BCUT2D eigenvalue weighted by Crippen LogP contribution is -2.27. The van der Waals surface area contributed by atoms with Crippen LogP contribution in [0.15, 0.2) is 24.5 Å². The van der Waals surface area contributed by atoms with Crippen molar-refractivity contribution >= 4 is 5.91 Å². The van der Waals surface area contributed by atoms with E-state index in [1.165, 1.54) is 13.4 Å². The lowest BCUT2D eigenvalue weighted by molar-refractivity contribution is 0.0938. The molecule has 1 unspecified atom stereocenters. The fraction of sp³-hybridized carbons (Fsp3) is 0.308. The fourth-order valence-corrected chi connectivity index (χ4v) is 1.75. The lowest BCUT2D eigenvalue weighted by Gasteiger charge is -2.13. The Morgan fingerprint density at radius 3 is 2.65 bits per heavy atom. The van der Waals surface area contributed by atoms with E-state index in [-0.39, 0.29) is 11.9 Å². The molecule has 0 aliphatic heterocycles. The molecule has 0 bridgehead atoms. The average Bonchev–Trinajstić information content (AvgIpc) is 3.00. The maximum atomic E-state index is 12.1. The van der Waals surface area contributed by atoms with E-state index in [0.717, 1.165) is 0 Å². The van der Waals surface area contributed by atoms with Gasteiger partial charge in [0.1, 0.15) is 12.2 Å². The van der Waals surface area contributed by atoms with Crippen LogP contribution in [0, 0.1) is 0 Å². The summed E-state index contributed by atoms with van der Waals surface area (Å²) in [5.41, 5.74) is 0.481. The molecule has 0 aliphatic carbocycles. The van der Waals surface area contributed by atoms with Crippen LogP contribution in [0.25, 0.3) is 0 Å². The van der Waals surface area contributed by atoms with Crippen molar-refractivity contribution in [2.45, 2.75) is 13.0 Å². The SMILES string of the molecule is COc1ccc(C(=O)NC(C)c2ncn[nH]2)cc1OC. The average molecular weight is 276 g/mol. The van der Waals surface area contributed by atoms with Gasteiger partial charge in [0.15, 0.2) is 11.5 Å². The van der Waals surface area contributed by atoms with Crippen LogP contribution in [0.3, 0.4) is 0 Å². The summed E-state index contributed by atoms with van der Waals surface area (Å²) in [6.45, 7) is 1.82. The van der Waals surface area contributed by atoms with Crippen molar-refractivity contribution in [3.05, 3.63) is 35.9 Å². The van der Waals surface area contributed by atoms with Gasteiger partial charge in [-0.3, -0.25) is 9.89 Å². The molecular weight excluding hydrogens is 260 g/mol. The van der Waals surface area contributed by atoms with E-state index >= 15 is 0 Å². The van der Waals surface area contributed by atoms with E-state index in [4.69, 9.17) is 9.47 Å². The maximum Gasteiger partial charge on any atom is 0.252 e. The number of methoxy groups -OCH3 is 2. The first-order chi connectivity index (χ1) is 9.65. The molecule has 2 N–H and O–H groups in total. The number of hydrogen-bond donors (Lipinski definition) is 2. The van der Waals surface area contributed by atoms with Gasteiger partial charge in [-0.05, 0) is 25.1 Å². The molecule has 0 fully saturated rings. The predicted molar refractivity (Wildman–Crippen MR) is 71.8 cm³/mol. The van der Waals surface area contributed by atoms with Gasteiger partial charge < -0.3 is 14.8 Å². The number of benzene rings is 1. The Morgan fingerprint density at radius 1 is 1.30 bits per heavy atom. The van der Waals surface area contributed by atoms with Gasteiger partial charge in [0.05, 0.1) is 20.3 Å². The number of rotatable bonds is 5. The standard InChI is InChI=1S/C13H16N4O3/c1-8(12-14-7-15-17-12)16-13(18)9-4-5-10(19-2)11(6-9)20-3/h4-8H,1-3H3,(H,16,18)(H,14,15,17). The molecule has 106 valence electrons. The first kappa shape index (κ1) is 13.9. The third-order valence-corrected chi connectivity index (χ3v) is 2.84. The van der Waals surface area contributed by atoms with Gasteiger partial charge >= 0.3 is 0 Å². The summed E-state index contributed by atoms with van der Waals surface area (Å²) in [7, 11) is 3.07. The Hall–Kier alpha value is -2.57. The first-order valence-electron chi connectivity index (χ1n) is 6.04. The summed E-state index contributed by atoms with van der Waals surface area (Å²) in [5, 5.41) is 9.28. The second-order valence-corrected chi connectivity index (χ2v) is 4.14. The molecule has 1 aromatic heterocycles. The summed E-state index contributed by atoms with van der Waals surface area (Å²) < 4.78 is 10.3. The first-order valence-corrected chi connectivity index (χ1v) is 6.04. The van der Waals surface area contributed by atoms with Crippen molar-refractivity contribution in [1.29, 1.82) is 0 Å². The topological polar surface area (TPSA) is 89.1 Å². The van der Waals surface area contributed by atoms with Crippen LogP contribution < -0.4 is 14.8 Å². The van der Waals surface area contributed by atoms with Gasteiger partial charge in [-0.1, -0.05) is 0 Å². The number of ether oxygens (including phenoxy) is 2. The molecule has 7 heteroatoms. The quantitative estimate of drug-likeness (QED) is 0.859. The van der Waals surface area contributed by atoms with Gasteiger partial charge in [0, 0.05) is 5.56 Å². The Bertz CT molecular complexity index is 583. The van der Waals surface area contributed by atoms with E-state index in [1.54, 1.807) is 25.3 Å². The Kier molecular flexibility index (Phi) is 4.19. The Balaban J connectivity index is 2.13. The minimum Gasteiger partial charge on any atom is -0.493 e. The largest absolute Gasteiger partial charge is 0.493 e. The van der Waals surface area contributed by atoms with E-state index in [0.29, 0.717) is 22.9 Å². The van der Waals surface area contributed by atoms with Crippen molar-refractivity contribution in [3.63, 3.8) is 0 Å². The van der Waals surface area contributed by atoms with Gasteiger partial charge in [-0.2, -0.15) is 5.10 Å². The number of aromatic amines is 1. The number of nitrogens with one attached hydrogen (secondary N) is 2. The summed E-state index contributed by atoms with van der Waals surface area (Å²) in [6, 6.07) is 4.72. The molecule has 0 radical (unpaired) electrons. The van der Waals surface area contributed by atoms with Crippen molar-refractivity contribution in [3.8, 4) is 11.5 Å². The molecule has 20 heavy (non-hydrogen) atoms. The third kappa shape index (κ3) is 2.87. The monoisotopic (exact) mass is 276 g/mol. The number of aromatic nitrogens is 3. The van der Waals surface area contributed by atoms with Gasteiger partial charge in [-0.15, -0.1) is 0 Å². The van der Waals surface area contributed by atoms with Crippen molar-refractivity contribution in [2.75, 3.05) is 14.2 Å². The number of amides is 1. The minimum absolute atomic E-state index is 0.227. The summed E-state index contributed by atoms with van der Waals surface area (Å²) in [4.78, 5) is 16.1. The third-order valence-electron chi connectivity index (χ3n) is 2.84. The Labute approximate surface area is 116 Å². The van der Waals surface area contributed by atoms with Crippen LogP contribution in [-0.4, -0.2) is 35.3 Å². The molecule has 2 rings (SSSR count). The smallest absolute Gasteiger partial charge is 0.252 e. The van der Waals surface area contributed by atoms with E-state index in [9.17, 15) is 4.79 Å². The zero-order valence-corrected chi connectivity index (χ0v) is 11.5. The maximum absolute atomic E-state index is 12.1. The van der Waals surface area contributed by atoms with Crippen molar-refractivity contribution in [2.24, 2.45) is 0 Å². The van der Waals surface area contributed by atoms with E-state index < -0.39 is 0 Å². The number of carbonyl (C=O) groups excluding carboxylic acids is 1. The van der Waals surface area contributed by atoms with Crippen molar-refractivity contribution < 1.29 is 14.3 Å². The van der Waals surface area contributed by atoms with Gasteiger partial charge in [0.2, 0.25) is 0 Å². The highest BCUT2D eigenvalue weighted by Crippen LogP contribution is 2.27. The highest BCUT2D eigenvalue weighted by atomic mass is 16.5. The van der Waals surface area contributed by atoms with Crippen LogP contribution in [-0.2, 0) is 0 Å². The normalized spacial score (nSPS) is 11.8. The fourth-order valence-electron chi connectivity index (χ4n) is 1.75. The molecule has 1 aromatic carbocycles. The number of carbonyl (C=O) groups is 1. The number of hydrogen-bond acceptors (Lipinski definition) is 5. The molecular formula is C13H16N4O3. The lowest BCUT2D eigenvalue weighted by atomic mass is 10.1. The molecule has 0 aliphatic rings. The van der Waals surface area contributed by atoms with Crippen LogP contribution in [0.1, 0.15) is 29.1 Å². The molecule has 1 amide bonds. The predicted octanol–water partition coefficient (Wildman–Crippen LogP) is 1.31. The van der Waals surface area contributed by atoms with Crippen LogP contribution in [0.2, 0.25) is 0 Å². The molecule has 1 heterocycles. The second kappa shape index (κ2) is 6.05. The highest BCUT2D eigenvalue weighted by Gasteiger charge is 2.15. The summed E-state index contributed by atoms with van der Waals surface area (Å²) in [5.74, 6) is 1.45. The summed E-state index contributed by atoms with van der Waals surface area (Å²) in [6.07, 6.45) is 1.40. The molecule has 0 spiro atoms.